The second kappa shape index (κ2) is 8.47. The van der Waals surface area contributed by atoms with E-state index in [1.165, 1.54) is 6.07 Å². The van der Waals surface area contributed by atoms with Gasteiger partial charge in [-0.25, -0.2) is 9.37 Å². The molecular formula is C27H31FN4O2. The second-order valence-corrected chi connectivity index (χ2v) is 10.3. The van der Waals surface area contributed by atoms with Crippen LogP contribution in [-0.4, -0.2) is 58.4 Å². The number of aliphatic hydroxyl groups is 1. The summed E-state index contributed by atoms with van der Waals surface area (Å²) in [5, 5.41) is 10.7. The Morgan fingerprint density at radius 2 is 1.85 bits per heavy atom. The molecule has 0 amide bonds. The van der Waals surface area contributed by atoms with Gasteiger partial charge in [-0.3, -0.25) is 9.36 Å². The number of aliphatic hydroxyl groups excluding tert-OH is 1. The van der Waals surface area contributed by atoms with Crippen LogP contribution in [0.15, 0.2) is 47.3 Å². The Bertz CT molecular complexity index is 1270. The first-order valence-corrected chi connectivity index (χ1v) is 12.5. The monoisotopic (exact) mass is 462 g/mol. The van der Waals surface area contributed by atoms with Crippen LogP contribution in [0.25, 0.3) is 22.3 Å². The van der Waals surface area contributed by atoms with Gasteiger partial charge in [0.15, 0.2) is 0 Å². The lowest BCUT2D eigenvalue weighted by Gasteiger charge is -2.41. The van der Waals surface area contributed by atoms with E-state index in [2.05, 4.69) is 15.9 Å². The summed E-state index contributed by atoms with van der Waals surface area (Å²) in [4.78, 5) is 23.7. The zero-order chi connectivity index (χ0) is 23.3. The van der Waals surface area contributed by atoms with Crippen LogP contribution in [-0.2, 0) is 6.54 Å². The van der Waals surface area contributed by atoms with E-state index in [0.29, 0.717) is 34.9 Å². The molecular weight excluding hydrogens is 431 g/mol. The molecule has 1 aromatic heterocycles. The van der Waals surface area contributed by atoms with Crippen LogP contribution >= 0.6 is 0 Å². The van der Waals surface area contributed by atoms with Gasteiger partial charge >= 0.3 is 0 Å². The molecule has 4 heterocycles. The first-order valence-electron chi connectivity index (χ1n) is 12.5. The molecule has 3 aromatic rings. The first-order chi connectivity index (χ1) is 16.6. The van der Waals surface area contributed by atoms with E-state index >= 15 is 0 Å². The van der Waals surface area contributed by atoms with Gasteiger partial charge in [0.1, 0.15) is 11.6 Å². The van der Waals surface area contributed by atoms with Crippen molar-refractivity contribution < 1.29 is 9.50 Å². The molecule has 1 N–H and O–H groups in total. The Kier molecular flexibility index (Phi) is 5.41. The highest BCUT2D eigenvalue weighted by molar-refractivity contribution is 5.83. The van der Waals surface area contributed by atoms with Gasteiger partial charge in [0.2, 0.25) is 0 Å². The molecule has 1 saturated carbocycles. The lowest BCUT2D eigenvalue weighted by Crippen LogP contribution is -2.41. The normalized spacial score (nSPS) is 23.6. The molecule has 1 aliphatic carbocycles. The fourth-order valence-electron chi connectivity index (χ4n) is 5.99. The molecule has 7 rings (SSSR count). The quantitative estimate of drug-likeness (QED) is 0.627. The van der Waals surface area contributed by atoms with Crippen LogP contribution in [0.2, 0.25) is 0 Å². The van der Waals surface area contributed by atoms with E-state index in [1.54, 1.807) is 22.8 Å². The minimum Gasteiger partial charge on any atom is -0.396 e. The molecule has 0 atom stereocenters. The molecule has 2 aromatic carbocycles. The molecule has 34 heavy (non-hydrogen) atoms. The molecule has 6 nitrogen and oxygen atoms in total. The Morgan fingerprint density at radius 3 is 2.56 bits per heavy atom. The number of aromatic nitrogens is 2. The number of fused-ring (bicyclic) bond motifs is 5. The molecule has 7 heteroatoms. The van der Waals surface area contributed by atoms with Crippen molar-refractivity contribution in [3.05, 3.63) is 58.6 Å². The van der Waals surface area contributed by atoms with Gasteiger partial charge in [-0.2, -0.15) is 0 Å². The topological polar surface area (TPSA) is 61.6 Å². The number of hydrogen-bond acceptors (Lipinski definition) is 5. The highest BCUT2D eigenvalue weighted by atomic mass is 19.1. The minimum atomic E-state index is -0.402. The lowest BCUT2D eigenvalue weighted by atomic mass is 9.69. The van der Waals surface area contributed by atoms with Gasteiger partial charge in [0.25, 0.3) is 5.56 Å². The summed E-state index contributed by atoms with van der Waals surface area (Å²) in [6.45, 7) is 4.64. The molecule has 0 unspecified atom stereocenters. The maximum Gasteiger partial charge on any atom is 0.261 e. The van der Waals surface area contributed by atoms with Crippen molar-refractivity contribution in [3.63, 3.8) is 0 Å². The van der Waals surface area contributed by atoms with Crippen molar-refractivity contribution in [3.8, 4) is 11.4 Å². The van der Waals surface area contributed by atoms with Crippen LogP contribution in [0.5, 0.6) is 0 Å². The van der Waals surface area contributed by atoms with Crippen LogP contribution in [0.1, 0.15) is 32.1 Å². The van der Waals surface area contributed by atoms with E-state index in [4.69, 9.17) is 4.98 Å². The van der Waals surface area contributed by atoms with Crippen LogP contribution in [0.4, 0.5) is 10.1 Å². The second-order valence-electron chi connectivity index (χ2n) is 10.3. The highest BCUT2D eigenvalue weighted by Gasteiger charge is 2.38. The summed E-state index contributed by atoms with van der Waals surface area (Å²) >= 11 is 0. The number of hydrogen-bond donors (Lipinski definition) is 1. The minimum absolute atomic E-state index is 0.0141. The number of rotatable bonds is 5. The molecule has 4 fully saturated rings. The fraction of sp³-hybridized carbons (Fsp3) is 0.481. The SMILES string of the molecule is O=c1c2cc(N3CCN4CCC3CC4)ccc2nc(-c2ccccc2F)n1CC1(CO)CCC1. The van der Waals surface area contributed by atoms with Gasteiger partial charge < -0.3 is 14.9 Å². The number of benzene rings is 2. The number of piperidine rings is 1. The van der Waals surface area contributed by atoms with E-state index in [0.717, 1.165) is 64.0 Å². The van der Waals surface area contributed by atoms with Gasteiger partial charge in [0, 0.05) is 49.9 Å². The molecule has 2 bridgehead atoms. The molecule has 0 spiro atoms. The molecule has 0 radical (unpaired) electrons. The number of nitrogens with zero attached hydrogens (tertiary/aromatic N) is 4. The Morgan fingerprint density at radius 1 is 1.06 bits per heavy atom. The fourth-order valence-corrected chi connectivity index (χ4v) is 5.99. The van der Waals surface area contributed by atoms with E-state index in [9.17, 15) is 14.3 Å². The zero-order valence-electron chi connectivity index (χ0n) is 19.4. The third-order valence-corrected chi connectivity index (χ3v) is 8.28. The molecule has 4 aliphatic rings. The summed E-state index contributed by atoms with van der Waals surface area (Å²) in [7, 11) is 0. The standard InChI is InChI=1S/C27H31FN4O2/c28-23-5-2-1-4-21(23)25-29-24-7-6-20(31-15-14-30-12-8-19(31)9-13-30)16-22(24)26(34)32(25)17-27(18-33)10-3-11-27/h1-2,4-7,16,19,33H,3,8-15,17-18H2. The third kappa shape index (κ3) is 3.62. The van der Waals surface area contributed by atoms with Crippen molar-refractivity contribution in [1.82, 2.24) is 14.5 Å². The zero-order valence-corrected chi connectivity index (χ0v) is 19.4. The van der Waals surface area contributed by atoms with E-state index in [1.807, 2.05) is 12.1 Å². The van der Waals surface area contributed by atoms with E-state index in [-0.39, 0.29) is 17.6 Å². The predicted molar refractivity (Wildman–Crippen MR) is 132 cm³/mol. The number of halogens is 1. The summed E-state index contributed by atoms with van der Waals surface area (Å²) in [6, 6.07) is 12.9. The van der Waals surface area contributed by atoms with Crippen molar-refractivity contribution in [2.24, 2.45) is 5.41 Å². The van der Waals surface area contributed by atoms with Crippen molar-refractivity contribution in [2.75, 3.05) is 37.7 Å². The van der Waals surface area contributed by atoms with Gasteiger partial charge in [-0.05, 0) is 56.0 Å². The summed E-state index contributed by atoms with van der Waals surface area (Å²) < 4.78 is 16.4. The predicted octanol–water partition coefficient (Wildman–Crippen LogP) is 3.65. The maximum atomic E-state index is 14.8. The van der Waals surface area contributed by atoms with Crippen molar-refractivity contribution in [1.29, 1.82) is 0 Å². The van der Waals surface area contributed by atoms with Crippen LogP contribution in [0.3, 0.4) is 0 Å². The first kappa shape index (κ1) is 21.7. The average molecular weight is 463 g/mol. The highest BCUT2D eigenvalue weighted by Crippen LogP contribution is 2.42. The largest absolute Gasteiger partial charge is 0.396 e. The van der Waals surface area contributed by atoms with Crippen LogP contribution in [0, 0.1) is 11.2 Å². The average Bonchev–Trinajstić information content (AvgIpc) is 3.17. The molecule has 3 saturated heterocycles. The molecule has 3 aliphatic heterocycles. The van der Waals surface area contributed by atoms with Crippen LogP contribution < -0.4 is 10.5 Å². The Balaban J connectivity index is 1.50. The smallest absolute Gasteiger partial charge is 0.261 e. The van der Waals surface area contributed by atoms with E-state index < -0.39 is 5.82 Å². The summed E-state index contributed by atoms with van der Waals surface area (Å²) in [5.41, 5.74) is 1.46. The number of anilines is 1. The Labute approximate surface area is 198 Å². The van der Waals surface area contributed by atoms with Gasteiger partial charge in [0.05, 0.1) is 23.1 Å². The van der Waals surface area contributed by atoms with Crippen molar-refractivity contribution in [2.45, 2.75) is 44.7 Å². The summed E-state index contributed by atoms with van der Waals surface area (Å²) in [5.74, 6) is -0.0644. The van der Waals surface area contributed by atoms with Gasteiger partial charge in [-0.1, -0.05) is 18.6 Å². The molecule has 178 valence electrons. The van der Waals surface area contributed by atoms with Gasteiger partial charge in [-0.15, -0.1) is 0 Å². The Hall–Kier alpha value is -2.77. The lowest BCUT2D eigenvalue weighted by molar-refractivity contribution is 0.0270. The summed E-state index contributed by atoms with van der Waals surface area (Å²) in [6.07, 6.45) is 5.04. The maximum absolute atomic E-state index is 14.8. The third-order valence-electron chi connectivity index (χ3n) is 8.28. The van der Waals surface area contributed by atoms with Crippen molar-refractivity contribution >= 4 is 16.6 Å².